The van der Waals surface area contributed by atoms with Gasteiger partial charge in [0.2, 0.25) is 0 Å². The van der Waals surface area contributed by atoms with E-state index in [0.717, 1.165) is 5.75 Å². The lowest BCUT2D eigenvalue weighted by atomic mass is 10.0. The Morgan fingerprint density at radius 1 is 1.24 bits per heavy atom. The molecule has 1 unspecified atom stereocenters. The number of nitrogens with zero attached hydrogens (tertiary/aromatic N) is 1. The summed E-state index contributed by atoms with van der Waals surface area (Å²) in [6.45, 7) is 5.87. The van der Waals surface area contributed by atoms with Crippen molar-refractivity contribution >= 4 is 11.8 Å². The van der Waals surface area contributed by atoms with Gasteiger partial charge in [0.1, 0.15) is 0 Å². The molecule has 0 amide bonds. The van der Waals surface area contributed by atoms with E-state index >= 15 is 0 Å². The molecular formula is C18H28N2S. The van der Waals surface area contributed by atoms with E-state index in [2.05, 4.69) is 60.6 Å². The van der Waals surface area contributed by atoms with Gasteiger partial charge in [-0.1, -0.05) is 29.8 Å². The molecule has 1 atom stereocenters. The average Bonchev–Trinajstić information content (AvgIpc) is 2.56. The predicted octanol–water partition coefficient (Wildman–Crippen LogP) is 3.80. The lowest BCUT2D eigenvalue weighted by Gasteiger charge is -2.29. The fourth-order valence-corrected chi connectivity index (χ4v) is 3.79. The van der Waals surface area contributed by atoms with Crippen molar-refractivity contribution in [2.75, 3.05) is 32.4 Å². The highest BCUT2D eigenvalue weighted by Crippen LogP contribution is 2.20. The number of hydrogen-bond acceptors (Lipinski definition) is 3. The summed E-state index contributed by atoms with van der Waals surface area (Å²) in [5, 5.41) is 3.47. The number of rotatable bonds is 7. The van der Waals surface area contributed by atoms with Gasteiger partial charge in [-0.05, 0) is 51.9 Å². The van der Waals surface area contributed by atoms with Gasteiger partial charge in [-0.2, -0.15) is 0 Å². The second kappa shape index (κ2) is 9.29. The monoisotopic (exact) mass is 304 g/mol. The standard InChI is InChI=1S/C18H28N2S/c1-3-16-9-12-20(13-10-16)14-11-17(19-2)15-21-18-7-5-4-6-8-18/h3-8,17,19H,9-15H2,1-2H3. The van der Waals surface area contributed by atoms with Crippen molar-refractivity contribution < 1.29 is 0 Å². The summed E-state index contributed by atoms with van der Waals surface area (Å²) in [6, 6.07) is 11.3. The summed E-state index contributed by atoms with van der Waals surface area (Å²) in [4.78, 5) is 3.98. The van der Waals surface area contributed by atoms with Crippen molar-refractivity contribution in [3.8, 4) is 0 Å². The number of likely N-dealkylation sites (tertiary alicyclic amines) is 1. The number of piperidine rings is 1. The van der Waals surface area contributed by atoms with Crippen LogP contribution in [-0.2, 0) is 0 Å². The fraction of sp³-hybridized carbons (Fsp3) is 0.556. The van der Waals surface area contributed by atoms with Gasteiger partial charge in [-0.25, -0.2) is 0 Å². The van der Waals surface area contributed by atoms with Crippen LogP contribution in [0.5, 0.6) is 0 Å². The molecule has 0 saturated carbocycles. The second-order valence-electron chi connectivity index (χ2n) is 5.69. The Balaban J connectivity index is 1.68. The van der Waals surface area contributed by atoms with Crippen molar-refractivity contribution in [2.45, 2.75) is 37.1 Å². The number of thioether (sulfide) groups is 1. The third-order valence-electron chi connectivity index (χ3n) is 4.30. The minimum absolute atomic E-state index is 0.596. The van der Waals surface area contributed by atoms with Gasteiger partial charge in [0, 0.05) is 29.8 Å². The molecule has 1 aliphatic heterocycles. The first-order valence-electron chi connectivity index (χ1n) is 8.03. The number of allylic oxidation sites excluding steroid dienone is 1. The molecule has 0 radical (unpaired) electrons. The van der Waals surface area contributed by atoms with Crippen LogP contribution in [0.1, 0.15) is 26.2 Å². The molecular weight excluding hydrogens is 276 g/mol. The van der Waals surface area contributed by atoms with Gasteiger partial charge in [0.25, 0.3) is 0 Å². The van der Waals surface area contributed by atoms with Crippen LogP contribution in [-0.4, -0.2) is 43.4 Å². The highest BCUT2D eigenvalue weighted by Gasteiger charge is 2.15. The number of hydrogen-bond donors (Lipinski definition) is 1. The zero-order valence-electron chi connectivity index (χ0n) is 13.3. The van der Waals surface area contributed by atoms with Crippen LogP contribution < -0.4 is 5.32 Å². The molecule has 1 aromatic carbocycles. The van der Waals surface area contributed by atoms with E-state index in [1.807, 2.05) is 11.8 Å². The topological polar surface area (TPSA) is 15.3 Å². The third kappa shape index (κ3) is 5.85. The van der Waals surface area contributed by atoms with Crippen LogP contribution in [0.15, 0.2) is 46.9 Å². The van der Waals surface area contributed by atoms with Crippen molar-refractivity contribution in [3.05, 3.63) is 42.0 Å². The van der Waals surface area contributed by atoms with E-state index in [0.29, 0.717) is 6.04 Å². The van der Waals surface area contributed by atoms with Crippen LogP contribution in [0.2, 0.25) is 0 Å². The Morgan fingerprint density at radius 2 is 1.95 bits per heavy atom. The smallest absolute Gasteiger partial charge is 0.0170 e. The molecule has 0 spiro atoms. The quantitative estimate of drug-likeness (QED) is 0.609. The maximum absolute atomic E-state index is 3.47. The van der Waals surface area contributed by atoms with Crippen molar-refractivity contribution in [1.82, 2.24) is 10.2 Å². The van der Waals surface area contributed by atoms with Gasteiger partial charge >= 0.3 is 0 Å². The Labute approximate surface area is 134 Å². The summed E-state index contributed by atoms with van der Waals surface area (Å²) < 4.78 is 0. The van der Waals surface area contributed by atoms with E-state index in [1.165, 1.54) is 43.8 Å². The Kier molecular flexibility index (Phi) is 7.34. The molecule has 0 aliphatic carbocycles. The molecule has 1 N–H and O–H groups in total. The van der Waals surface area contributed by atoms with Crippen LogP contribution in [0.3, 0.4) is 0 Å². The van der Waals surface area contributed by atoms with Gasteiger partial charge in [-0.3, -0.25) is 0 Å². The summed E-state index contributed by atoms with van der Waals surface area (Å²) in [7, 11) is 2.09. The lowest BCUT2D eigenvalue weighted by molar-refractivity contribution is 0.245. The van der Waals surface area contributed by atoms with Crippen molar-refractivity contribution in [3.63, 3.8) is 0 Å². The van der Waals surface area contributed by atoms with Gasteiger partial charge < -0.3 is 10.2 Å². The van der Waals surface area contributed by atoms with Gasteiger partial charge in [-0.15, -0.1) is 11.8 Å². The Bertz CT molecular complexity index is 420. The summed E-state index contributed by atoms with van der Waals surface area (Å²) in [5.74, 6) is 1.15. The molecule has 2 rings (SSSR count). The molecule has 21 heavy (non-hydrogen) atoms. The van der Waals surface area contributed by atoms with E-state index < -0.39 is 0 Å². The first-order valence-corrected chi connectivity index (χ1v) is 9.02. The first kappa shape index (κ1) is 16.6. The molecule has 1 aromatic rings. The normalized spacial score (nSPS) is 17.7. The summed E-state index contributed by atoms with van der Waals surface area (Å²) in [5.41, 5.74) is 1.64. The van der Waals surface area contributed by atoms with Crippen molar-refractivity contribution in [2.24, 2.45) is 0 Å². The third-order valence-corrected chi connectivity index (χ3v) is 5.48. The first-order chi connectivity index (χ1) is 10.3. The second-order valence-corrected chi connectivity index (χ2v) is 6.78. The maximum Gasteiger partial charge on any atom is 0.0170 e. The largest absolute Gasteiger partial charge is 0.316 e. The zero-order valence-corrected chi connectivity index (χ0v) is 14.2. The Hall–Kier alpha value is -0.770. The minimum atomic E-state index is 0.596. The molecule has 1 fully saturated rings. The predicted molar refractivity (Wildman–Crippen MR) is 94.1 cm³/mol. The summed E-state index contributed by atoms with van der Waals surface area (Å²) in [6.07, 6.45) is 6.06. The number of benzene rings is 1. The lowest BCUT2D eigenvalue weighted by Crippen LogP contribution is -2.36. The van der Waals surface area contributed by atoms with E-state index in [9.17, 15) is 0 Å². The SMILES string of the molecule is CC=C1CCN(CCC(CSc2ccccc2)NC)CC1. The fourth-order valence-electron chi connectivity index (χ4n) is 2.72. The van der Waals surface area contributed by atoms with E-state index in [-0.39, 0.29) is 0 Å². The molecule has 3 heteroatoms. The highest BCUT2D eigenvalue weighted by molar-refractivity contribution is 7.99. The van der Waals surface area contributed by atoms with Crippen LogP contribution in [0, 0.1) is 0 Å². The molecule has 116 valence electrons. The van der Waals surface area contributed by atoms with Crippen LogP contribution in [0.25, 0.3) is 0 Å². The molecule has 1 saturated heterocycles. The van der Waals surface area contributed by atoms with Gasteiger partial charge in [0.15, 0.2) is 0 Å². The van der Waals surface area contributed by atoms with E-state index in [4.69, 9.17) is 0 Å². The van der Waals surface area contributed by atoms with E-state index in [1.54, 1.807) is 5.57 Å². The minimum Gasteiger partial charge on any atom is -0.316 e. The zero-order chi connectivity index (χ0) is 14.9. The maximum atomic E-state index is 3.47. The molecule has 0 bridgehead atoms. The van der Waals surface area contributed by atoms with Gasteiger partial charge in [0.05, 0.1) is 0 Å². The summed E-state index contributed by atoms with van der Waals surface area (Å²) >= 11 is 1.95. The van der Waals surface area contributed by atoms with Crippen LogP contribution >= 0.6 is 11.8 Å². The molecule has 0 aromatic heterocycles. The average molecular weight is 305 g/mol. The Morgan fingerprint density at radius 3 is 2.57 bits per heavy atom. The highest BCUT2D eigenvalue weighted by atomic mass is 32.2. The molecule has 1 aliphatic rings. The molecule has 1 heterocycles. The van der Waals surface area contributed by atoms with Crippen LogP contribution in [0.4, 0.5) is 0 Å². The number of nitrogens with one attached hydrogen (secondary N) is 1. The molecule has 2 nitrogen and oxygen atoms in total. The van der Waals surface area contributed by atoms with Crippen molar-refractivity contribution in [1.29, 1.82) is 0 Å².